The van der Waals surface area contributed by atoms with Crippen molar-refractivity contribution in [3.8, 4) is 0 Å². The Morgan fingerprint density at radius 2 is 2.35 bits per heavy atom. The van der Waals surface area contributed by atoms with E-state index >= 15 is 0 Å². The second kappa shape index (κ2) is 5.69. The second-order valence-corrected chi connectivity index (χ2v) is 5.02. The highest BCUT2D eigenvalue weighted by atomic mass is 16.6. The van der Waals surface area contributed by atoms with Crippen LogP contribution in [0, 0.1) is 5.92 Å². The van der Waals surface area contributed by atoms with Gasteiger partial charge in [-0.15, -0.1) is 0 Å². The van der Waals surface area contributed by atoms with Crippen molar-refractivity contribution in [1.29, 1.82) is 0 Å². The molecule has 2 N–H and O–H groups in total. The summed E-state index contributed by atoms with van der Waals surface area (Å²) in [6, 6.07) is 0.0829. The molecule has 0 aromatic carbocycles. The first-order valence-electron chi connectivity index (χ1n) is 6.60. The summed E-state index contributed by atoms with van der Waals surface area (Å²) in [5.41, 5.74) is 5.66. The number of nitrogens with zero attached hydrogens (tertiary/aromatic N) is 2. The van der Waals surface area contributed by atoms with Crippen molar-refractivity contribution in [2.45, 2.75) is 25.8 Å². The first-order valence-corrected chi connectivity index (χ1v) is 6.60. The Kier molecular flexibility index (Phi) is 4.23. The van der Waals surface area contributed by atoms with Crippen LogP contribution in [0.4, 0.5) is 4.79 Å². The Labute approximate surface area is 103 Å². The predicted molar refractivity (Wildman–Crippen MR) is 65.7 cm³/mol. The summed E-state index contributed by atoms with van der Waals surface area (Å²) in [5.74, 6) is 0.573. The molecule has 1 amide bonds. The quantitative estimate of drug-likeness (QED) is 0.778. The molecule has 0 spiro atoms. The number of nitrogens with two attached hydrogens (primary N) is 1. The lowest BCUT2D eigenvalue weighted by atomic mass is 9.97. The van der Waals surface area contributed by atoms with E-state index in [4.69, 9.17) is 10.5 Å². The van der Waals surface area contributed by atoms with Crippen LogP contribution in [0.15, 0.2) is 0 Å². The van der Waals surface area contributed by atoms with E-state index in [0.717, 1.165) is 19.6 Å². The lowest BCUT2D eigenvalue weighted by molar-refractivity contribution is 0.128. The largest absolute Gasteiger partial charge is 0.447 e. The summed E-state index contributed by atoms with van der Waals surface area (Å²) >= 11 is 0. The smallest absolute Gasteiger partial charge is 0.410 e. The van der Waals surface area contributed by atoms with Crippen molar-refractivity contribution in [3.63, 3.8) is 0 Å². The van der Waals surface area contributed by atoms with Crippen LogP contribution >= 0.6 is 0 Å². The molecule has 2 aliphatic heterocycles. The number of likely N-dealkylation sites (tertiary alicyclic amines) is 1. The zero-order valence-corrected chi connectivity index (χ0v) is 10.6. The van der Waals surface area contributed by atoms with Gasteiger partial charge in [-0.25, -0.2) is 4.79 Å². The Balaban J connectivity index is 1.88. The van der Waals surface area contributed by atoms with E-state index in [2.05, 4.69) is 11.8 Å². The van der Waals surface area contributed by atoms with E-state index in [-0.39, 0.29) is 12.1 Å². The molecule has 2 fully saturated rings. The zero-order valence-electron chi connectivity index (χ0n) is 10.6. The van der Waals surface area contributed by atoms with Crippen LogP contribution in [0.1, 0.15) is 19.8 Å². The minimum Gasteiger partial charge on any atom is -0.447 e. The molecule has 0 saturated carbocycles. The Hall–Kier alpha value is -0.810. The van der Waals surface area contributed by atoms with E-state index in [9.17, 15) is 4.79 Å². The SMILES string of the molecule is CCN1CCCC(CN2C(=O)OCC2CN)C1. The lowest BCUT2D eigenvalue weighted by Crippen LogP contribution is -2.45. The number of carbonyl (C=O) groups is 1. The molecule has 17 heavy (non-hydrogen) atoms. The van der Waals surface area contributed by atoms with E-state index in [0.29, 0.717) is 19.1 Å². The summed E-state index contributed by atoms with van der Waals surface area (Å²) < 4.78 is 5.06. The summed E-state index contributed by atoms with van der Waals surface area (Å²) in [6.07, 6.45) is 2.25. The van der Waals surface area contributed by atoms with Gasteiger partial charge in [-0.05, 0) is 31.8 Å². The maximum Gasteiger partial charge on any atom is 0.410 e. The van der Waals surface area contributed by atoms with Crippen molar-refractivity contribution in [2.75, 3.05) is 39.3 Å². The van der Waals surface area contributed by atoms with Gasteiger partial charge < -0.3 is 20.3 Å². The molecule has 98 valence electrons. The molecular weight excluding hydrogens is 218 g/mol. The molecule has 2 heterocycles. The molecule has 5 nitrogen and oxygen atoms in total. The van der Waals surface area contributed by atoms with Gasteiger partial charge in [0.1, 0.15) is 6.61 Å². The summed E-state index contributed by atoms with van der Waals surface area (Å²) in [7, 11) is 0. The number of carbonyl (C=O) groups excluding carboxylic acids is 1. The fourth-order valence-corrected chi connectivity index (χ4v) is 2.77. The standard InChI is InChI=1S/C12H23N3O2/c1-2-14-5-3-4-10(7-14)8-15-11(6-13)9-17-12(15)16/h10-11H,2-9,13H2,1H3. The third-order valence-electron chi connectivity index (χ3n) is 3.85. The van der Waals surface area contributed by atoms with Crippen LogP contribution < -0.4 is 5.73 Å². The predicted octanol–water partition coefficient (Wildman–Crippen LogP) is 0.498. The molecular formula is C12H23N3O2. The highest BCUT2D eigenvalue weighted by Gasteiger charge is 2.34. The van der Waals surface area contributed by atoms with E-state index in [1.54, 1.807) is 0 Å². The molecule has 0 bridgehead atoms. The third-order valence-corrected chi connectivity index (χ3v) is 3.85. The zero-order chi connectivity index (χ0) is 12.3. The van der Waals surface area contributed by atoms with Gasteiger partial charge in [0.2, 0.25) is 0 Å². The van der Waals surface area contributed by atoms with Crippen LogP contribution in [0.5, 0.6) is 0 Å². The molecule has 2 rings (SSSR count). The number of ether oxygens (including phenoxy) is 1. The van der Waals surface area contributed by atoms with Crippen LogP contribution in [0.25, 0.3) is 0 Å². The first-order chi connectivity index (χ1) is 8.24. The van der Waals surface area contributed by atoms with Gasteiger partial charge in [0.25, 0.3) is 0 Å². The second-order valence-electron chi connectivity index (χ2n) is 5.02. The van der Waals surface area contributed by atoms with Gasteiger partial charge in [-0.3, -0.25) is 0 Å². The number of cyclic esters (lactones) is 1. The van der Waals surface area contributed by atoms with Crippen molar-refractivity contribution in [3.05, 3.63) is 0 Å². The number of rotatable bonds is 4. The normalized spacial score (nSPS) is 30.7. The number of hydrogen-bond donors (Lipinski definition) is 1. The lowest BCUT2D eigenvalue weighted by Gasteiger charge is -2.34. The molecule has 2 unspecified atom stereocenters. The maximum absolute atomic E-state index is 11.6. The van der Waals surface area contributed by atoms with Gasteiger partial charge in [0, 0.05) is 19.6 Å². The van der Waals surface area contributed by atoms with Crippen molar-refractivity contribution in [2.24, 2.45) is 11.7 Å². The minimum atomic E-state index is -0.186. The van der Waals surface area contributed by atoms with Crippen LogP contribution in [0.3, 0.4) is 0 Å². The van der Waals surface area contributed by atoms with Crippen molar-refractivity contribution >= 4 is 6.09 Å². The highest BCUT2D eigenvalue weighted by molar-refractivity contribution is 5.70. The fraction of sp³-hybridized carbons (Fsp3) is 0.917. The van der Waals surface area contributed by atoms with E-state index in [1.807, 2.05) is 4.90 Å². The minimum absolute atomic E-state index is 0.0829. The Morgan fingerprint density at radius 1 is 1.53 bits per heavy atom. The highest BCUT2D eigenvalue weighted by Crippen LogP contribution is 2.21. The summed E-state index contributed by atoms with van der Waals surface area (Å²) in [5, 5.41) is 0. The van der Waals surface area contributed by atoms with Crippen LogP contribution in [-0.4, -0.2) is 61.3 Å². The molecule has 2 aliphatic rings. The molecule has 5 heteroatoms. The van der Waals surface area contributed by atoms with Gasteiger partial charge in [0.15, 0.2) is 0 Å². The van der Waals surface area contributed by atoms with Gasteiger partial charge in [0.05, 0.1) is 6.04 Å². The molecule has 0 aromatic rings. The maximum atomic E-state index is 11.6. The Bertz CT molecular complexity index is 272. The van der Waals surface area contributed by atoms with Crippen LogP contribution in [0.2, 0.25) is 0 Å². The van der Waals surface area contributed by atoms with Gasteiger partial charge >= 0.3 is 6.09 Å². The number of hydrogen-bond acceptors (Lipinski definition) is 4. The molecule has 0 aromatic heterocycles. The molecule has 0 aliphatic carbocycles. The third kappa shape index (κ3) is 2.90. The van der Waals surface area contributed by atoms with E-state index < -0.39 is 0 Å². The van der Waals surface area contributed by atoms with Gasteiger partial charge in [-0.2, -0.15) is 0 Å². The monoisotopic (exact) mass is 241 g/mol. The van der Waals surface area contributed by atoms with Crippen molar-refractivity contribution < 1.29 is 9.53 Å². The Morgan fingerprint density at radius 3 is 3.06 bits per heavy atom. The van der Waals surface area contributed by atoms with Crippen LogP contribution in [-0.2, 0) is 4.74 Å². The molecule has 2 saturated heterocycles. The molecule has 0 radical (unpaired) electrons. The average Bonchev–Trinajstić information content (AvgIpc) is 2.71. The van der Waals surface area contributed by atoms with Gasteiger partial charge in [-0.1, -0.05) is 6.92 Å². The first kappa shape index (κ1) is 12.6. The number of amides is 1. The summed E-state index contributed by atoms with van der Waals surface area (Å²) in [4.78, 5) is 15.9. The topological polar surface area (TPSA) is 58.8 Å². The fourth-order valence-electron chi connectivity index (χ4n) is 2.77. The van der Waals surface area contributed by atoms with E-state index in [1.165, 1.54) is 19.4 Å². The summed E-state index contributed by atoms with van der Waals surface area (Å²) in [6.45, 7) is 7.33. The average molecular weight is 241 g/mol. The number of piperidine rings is 1. The molecule has 2 atom stereocenters. The van der Waals surface area contributed by atoms with Crippen molar-refractivity contribution in [1.82, 2.24) is 9.80 Å².